The van der Waals surface area contributed by atoms with E-state index in [1.165, 1.54) is 7.11 Å². The van der Waals surface area contributed by atoms with Crippen LogP contribution in [0.3, 0.4) is 0 Å². The normalized spacial score (nSPS) is 9.00. The summed E-state index contributed by atoms with van der Waals surface area (Å²) >= 11 is 0. The van der Waals surface area contributed by atoms with E-state index in [1.807, 2.05) is 36.4 Å². The van der Waals surface area contributed by atoms with Gasteiger partial charge in [0.05, 0.1) is 0 Å². The number of hydrogen-bond donors (Lipinski definition) is 0. The average molecular weight is 256 g/mol. The minimum atomic E-state index is -0.325. The summed E-state index contributed by atoms with van der Waals surface area (Å²) in [5.74, 6) is -0.325. The maximum atomic E-state index is 11.3. The van der Waals surface area contributed by atoms with Crippen molar-refractivity contribution in [2.24, 2.45) is 0 Å². The van der Waals surface area contributed by atoms with Crippen LogP contribution >= 0.6 is 0 Å². The zero-order chi connectivity index (χ0) is 12.3. The third kappa shape index (κ3) is 3.94. The Hall–Kier alpha value is -2.11. The van der Waals surface area contributed by atoms with Gasteiger partial charge < -0.3 is 11.0 Å². The van der Waals surface area contributed by atoms with Crippen LogP contribution in [0.5, 0.6) is 0 Å². The first-order valence-electron chi connectivity index (χ1n) is 5.25. The van der Waals surface area contributed by atoms with Crippen molar-refractivity contribution in [3.63, 3.8) is 0 Å². The summed E-state index contributed by atoms with van der Waals surface area (Å²) in [6.07, 6.45) is 0. The Balaban J connectivity index is 0.00000162. The predicted octanol–water partition coefficient (Wildman–Crippen LogP) is 1.58. The number of esters is 1. The summed E-state index contributed by atoms with van der Waals surface area (Å²) in [6, 6.07) is 14.9. The van der Waals surface area contributed by atoms with Crippen LogP contribution in [0.1, 0.15) is 10.4 Å². The second kappa shape index (κ2) is 7.36. The standard InChI is InChI=1S/C14H11BO2.2H2O/c1-17-14(16)12-4-2-10(3-5-12)11-6-8-13(15)9-7-11;;/h2-9H,1H3;2*1H2/q+2;;/p-2. The maximum Gasteiger partial charge on any atom is -0.870 e. The quantitative estimate of drug-likeness (QED) is 0.602. The van der Waals surface area contributed by atoms with Crippen LogP contribution < -0.4 is 5.46 Å². The van der Waals surface area contributed by atoms with E-state index in [0.29, 0.717) is 5.56 Å². The molecule has 19 heavy (non-hydrogen) atoms. The van der Waals surface area contributed by atoms with E-state index >= 15 is 0 Å². The summed E-state index contributed by atoms with van der Waals surface area (Å²) in [6.45, 7) is 0. The van der Waals surface area contributed by atoms with Gasteiger partial charge in [-0.05, 0) is 0 Å². The van der Waals surface area contributed by atoms with Crippen molar-refractivity contribution in [1.29, 1.82) is 0 Å². The monoisotopic (exact) mass is 256 g/mol. The van der Waals surface area contributed by atoms with Crippen LogP contribution in [0.25, 0.3) is 11.1 Å². The first-order chi connectivity index (χ1) is 8.20. The second-order valence-electron chi connectivity index (χ2n) is 3.69. The molecule has 0 aliphatic carbocycles. The topological polar surface area (TPSA) is 86.3 Å². The van der Waals surface area contributed by atoms with Crippen molar-refractivity contribution in [2.75, 3.05) is 7.11 Å². The van der Waals surface area contributed by atoms with E-state index in [9.17, 15) is 4.79 Å². The molecule has 2 rings (SSSR count). The number of carbonyl (C=O) groups is 1. The Bertz CT molecular complexity index is 520. The van der Waals surface area contributed by atoms with Gasteiger partial charge in [-0.25, -0.2) is 0 Å². The summed E-state index contributed by atoms with van der Waals surface area (Å²) < 4.78 is 4.64. The second-order valence-corrected chi connectivity index (χ2v) is 3.69. The van der Waals surface area contributed by atoms with Crippen molar-refractivity contribution >= 4 is 19.3 Å². The fraction of sp³-hybridized carbons (Fsp3) is 0.0714. The summed E-state index contributed by atoms with van der Waals surface area (Å²) in [7, 11) is 7.00. The van der Waals surface area contributed by atoms with Crippen molar-refractivity contribution in [2.45, 2.75) is 0 Å². The number of ether oxygens (including phenoxy) is 1. The molecule has 0 fully saturated rings. The van der Waals surface area contributed by atoms with Gasteiger partial charge in [-0.15, -0.1) is 0 Å². The van der Waals surface area contributed by atoms with E-state index in [2.05, 4.69) is 4.74 Å². The number of benzene rings is 2. The smallest absolute Gasteiger partial charge is 0.870 e. The minimum absolute atomic E-state index is 0. The molecule has 0 amide bonds. The molecule has 0 aliphatic heterocycles. The molecule has 2 N–H and O–H groups in total. The molecule has 0 aliphatic rings. The molecule has 0 heterocycles. The molecule has 0 aromatic heterocycles. The molecule has 0 radical (unpaired) electrons. The fourth-order valence-electron chi connectivity index (χ4n) is 1.59. The Morgan fingerprint density at radius 3 is 1.74 bits per heavy atom. The van der Waals surface area contributed by atoms with Gasteiger partial charge in [0.25, 0.3) is 0 Å². The fourth-order valence-corrected chi connectivity index (χ4v) is 1.59. The third-order valence-electron chi connectivity index (χ3n) is 2.55. The van der Waals surface area contributed by atoms with E-state index in [0.717, 1.165) is 16.6 Å². The van der Waals surface area contributed by atoms with Gasteiger partial charge >= 0.3 is 101 Å². The Morgan fingerprint density at radius 2 is 1.32 bits per heavy atom. The van der Waals surface area contributed by atoms with Crippen LogP contribution in [-0.4, -0.2) is 31.9 Å². The van der Waals surface area contributed by atoms with Gasteiger partial charge in [0.2, 0.25) is 0 Å². The van der Waals surface area contributed by atoms with Gasteiger partial charge in [-0.2, -0.15) is 0 Å². The van der Waals surface area contributed by atoms with E-state index < -0.39 is 0 Å². The Kier molecular flexibility index (Phi) is 6.54. The average Bonchev–Trinajstić information content (AvgIpc) is 2.39. The van der Waals surface area contributed by atoms with Gasteiger partial charge in [-0.3, -0.25) is 0 Å². The molecule has 0 atom stereocenters. The molecule has 96 valence electrons. The number of rotatable bonds is 2. The van der Waals surface area contributed by atoms with E-state index in [-0.39, 0.29) is 16.9 Å². The molecular weight excluding hydrogens is 243 g/mol. The molecule has 2 aromatic rings. The van der Waals surface area contributed by atoms with Gasteiger partial charge in [0.1, 0.15) is 0 Å². The number of methoxy groups -OCH3 is 1. The summed E-state index contributed by atoms with van der Waals surface area (Å²) in [5.41, 5.74) is 3.39. The van der Waals surface area contributed by atoms with Crippen molar-refractivity contribution in [3.8, 4) is 11.1 Å². The zero-order valence-corrected chi connectivity index (χ0v) is 10.4. The molecule has 0 saturated carbocycles. The molecule has 0 bridgehead atoms. The summed E-state index contributed by atoms with van der Waals surface area (Å²) in [4.78, 5) is 11.3. The first-order valence-corrected chi connectivity index (χ1v) is 5.25. The molecule has 2 aromatic carbocycles. The van der Waals surface area contributed by atoms with Gasteiger partial charge in [0.15, 0.2) is 0 Å². The molecule has 5 heteroatoms. The SMILES string of the molecule is [B+2]c1ccc(-c2ccc(C(=O)OC)cc2)cc1.[OH-].[OH-]. The van der Waals surface area contributed by atoms with Gasteiger partial charge in [-0.1, -0.05) is 0 Å². The minimum Gasteiger partial charge on any atom is -0.870 e. The number of carbonyl (C=O) groups excluding carboxylic acids is 1. The van der Waals surface area contributed by atoms with Crippen molar-refractivity contribution in [1.82, 2.24) is 0 Å². The van der Waals surface area contributed by atoms with Crippen LogP contribution in [0, 0.1) is 0 Å². The van der Waals surface area contributed by atoms with Gasteiger partial charge in [0, 0.05) is 0 Å². The zero-order valence-electron chi connectivity index (χ0n) is 10.4. The van der Waals surface area contributed by atoms with E-state index in [4.69, 9.17) is 7.85 Å². The summed E-state index contributed by atoms with van der Waals surface area (Å²) in [5, 5.41) is 0. The van der Waals surface area contributed by atoms with Crippen molar-refractivity contribution in [3.05, 3.63) is 54.1 Å². The van der Waals surface area contributed by atoms with Crippen LogP contribution in [-0.2, 0) is 4.74 Å². The molecule has 0 saturated heterocycles. The Labute approximate surface area is 113 Å². The predicted molar refractivity (Wildman–Crippen MR) is 72.5 cm³/mol. The largest absolute Gasteiger partial charge is 0.870 e. The molecule has 4 nitrogen and oxygen atoms in total. The Morgan fingerprint density at radius 1 is 0.895 bits per heavy atom. The van der Waals surface area contributed by atoms with E-state index in [1.54, 1.807) is 12.1 Å². The van der Waals surface area contributed by atoms with Crippen LogP contribution in [0.15, 0.2) is 48.5 Å². The van der Waals surface area contributed by atoms with Crippen LogP contribution in [0.4, 0.5) is 0 Å². The molecular formula is C14H13BO4. The van der Waals surface area contributed by atoms with Crippen LogP contribution in [0.2, 0.25) is 0 Å². The third-order valence-corrected chi connectivity index (χ3v) is 2.55. The number of hydrogen-bond acceptors (Lipinski definition) is 4. The van der Waals surface area contributed by atoms with Crippen molar-refractivity contribution < 1.29 is 20.5 Å². The molecule has 0 unspecified atom stereocenters. The molecule has 0 spiro atoms. The first kappa shape index (κ1) is 16.9. The maximum absolute atomic E-state index is 11.3.